The van der Waals surface area contributed by atoms with E-state index in [0.717, 1.165) is 41.7 Å². The van der Waals surface area contributed by atoms with Crippen LogP contribution in [-0.4, -0.2) is 26.9 Å². The Morgan fingerprint density at radius 3 is 2.74 bits per heavy atom. The molecule has 106 valence electrons. The van der Waals surface area contributed by atoms with Crippen LogP contribution in [0.3, 0.4) is 0 Å². The van der Waals surface area contributed by atoms with E-state index in [1.807, 2.05) is 11.6 Å². The molecule has 1 aliphatic carbocycles. The van der Waals surface area contributed by atoms with E-state index in [-0.39, 0.29) is 0 Å². The topological polar surface area (TPSA) is 67.2 Å². The first-order valence-corrected chi connectivity index (χ1v) is 7.58. The van der Waals surface area contributed by atoms with Crippen LogP contribution >= 0.6 is 15.9 Å². The summed E-state index contributed by atoms with van der Waals surface area (Å²) in [5.74, 6) is -0.461. The predicted molar refractivity (Wildman–Crippen MR) is 76.0 cm³/mol. The summed E-state index contributed by atoms with van der Waals surface area (Å²) in [5.41, 5.74) is 2.06. The maximum atomic E-state index is 11.2. The Balaban J connectivity index is 2.09. The number of carboxylic acid groups (broad SMARTS) is 1. The second-order valence-electron chi connectivity index (χ2n) is 4.91. The lowest BCUT2D eigenvalue weighted by molar-refractivity contribution is -0.140. The fourth-order valence-electron chi connectivity index (χ4n) is 2.28. The molecule has 0 bridgehead atoms. The number of hydrogen-bond acceptors (Lipinski definition) is 3. The Morgan fingerprint density at radius 1 is 1.58 bits per heavy atom. The van der Waals surface area contributed by atoms with Gasteiger partial charge in [-0.25, -0.2) is 0 Å². The van der Waals surface area contributed by atoms with Crippen molar-refractivity contribution >= 4 is 21.9 Å². The summed E-state index contributed by atoms with van der Waals surface area (Å²) in [6.45, 7) is 5.43. The zero-order chi connectivity index (χ0) is 14.0. The number of hydrogen-bond donors (Lipinski definition) is 2. The molecule has 6 heteroatoms. The lowest BCUT2D eigenvalue weighted by Crippen LogP contribution is -2.38. The molecule has 1 atom stereocenters. The fraction of sp³-hybridized carbons (Fsp3) is 0.692. The van der Waals surface area contributed by atoms with Crippen molar-refractivity contribution in [1.29, 1.82) is 0 Å². The van der Waals surface area contributed by atoms with Gasteiger partial charge in [-0.15, -0.1) is 0 Å². The molecule has 1 aromatic heterocycles. The highest BCUT2D eigenvalue weighted by atomic mass is 79.9. The van der Waals surface area contributed by atoms with E-state index in [1.54, 1.807) is 0 Å². The number of rotatable bonds is 7. The van der Waals surface area contributed by atoms with Crippen LogP contribution in [0.5, 0.6) is 0 Å². The van der Waals surface area contributed by atoms with Crippen molar-refractivity contribution in [3.8, 4) is 0 Å². The molecule has 2 N–H and O–H groups in total. The molecular formula is C13H20BrN3O2. The standard InChI is InChI=1S/C13H20BrN3O2/c1-3-9-11(14)10(17(4-2)16-9)7-15-12(13(18)19)8-5-6-8/h8,12,15H,3-7H2,1-2H3,(H,18,19). The molecule has 1 aliphatic rings. The number of aryl methyl sites for hydroxylation is 2. The van der Waals surface area contributed by atoms with Crippen LogP contribution in [0.2, 0.25) is 0 Å². The highest BCUT2D eigenvalue weighted by molar-refractivity contribution is 9.10. The summed E-state index contributed by atoms with van der Waals surface area (Å²) in [6.07, 6.45) is 2.89. The van der Waals surface area contributed by atoms with Gasteiger partial charge in [-0.1, -0.05) is 6.92 Å². The SMILES string of the molecule is CCc1nn(CC)c(CNC(C(=O)O)C2CC2)c1Br. The van der Waals surface area contributed by atoms with Gasteiger partial charge in [0.15, 0.2) is 0 Å². The van der Waals surface area contributed by atoms with Crippen molar-refractivity contribution in [3.63, 3.8) is 0 Å². The molecule has 2 rings (SSSR count). The highest BCUT2D eigenvalue weighted by Gasteiger charge is 2.36. The third-order valence-corrected chi connectivity index (χ3v) is 4.46. The van der Waals surface area contributed by atoms with Gasteiger partial charge < -0.3 is 5.11 Å². The summed E-state index contributed by atoms with van der Waals surface area (Å²) >= 11 is 3.57. The second kappa shape index (κ2) is 6.05. The predicted octanol–water partition coefficient (Wildman–Crippen LogP) is 2.18. The van der Waals surface area contributed by atoms with E-state index >= 15 is 0 Å². The molecular weight excluding hydrogens is 310 g/mol. The average Bonchev–Trinajstić information content (AvgIpc) is 3.16. The Hall–Kier alpha value is -0.880. The molecule has 0 radical (unpaired) electrons. The molecule has 0 aromatic carbocycles. The maximum Gasteiger partial charge on any atom is 0.320 e. The minimum atomic E-state index is -0.753. The van der Waals surface area contributed by atoms with Crippen LogP contribution < -0.4 is 5.32 Å². The molecule has 0 amide bonds. The molecule has 0 aliphatic heterocycles. The van der Waals surface area contributed by atoms with E-state index in [0.29, 0.717) is 12.5 Å². The smallest absolute Gasteiger partial charge is 0.320 e. The van der Waals surface area contributed by atoms with Crippen LogP contribution in [0, 0.1) is 5.92 Å². The molecule has 0 spiro atoms. The van der Waals surface area contributed by atoms with Crippen LogP contribution in [0.15, 0.2) is 4.47 Å². The summed E-state index contributed by atoms with van der Waals surface area (Å²) < 4.78 is 2.94. The van der Waals surface area contributed by atoms with Gasteiger partial charge in [-0.3, -0.25) is 14.8 Å². The van der Waals surface area contributed by atoms with Crippen molar-refractivity contribution in [2.24, 2.45) is 5.92 Å². The number of nitrogens with zero attached hydrogens (tertiary/aromatic N) is 2. The number of aromatic nitrogens is 2. The van der Waals surface area contributed by atoms with E-state index in [9.17, 15) is 9.90 Å². The minimum Gasteiger partial charge on any atom is -0.480 e. The fourth-order valence-corrected chi connectivity index (χ4v) is 2.98. The monoisotopic (exact) mass is 329 g/mol. The van der Waals surface area contributed by atoms with Crippen LogP contribution in [-0.2, 0) is 24.3 Å². The molecule has 5 nitrogen and oxygen atoms in total. The first-order valence-electron chi connectivity index (χ1n) is 6.78. The summed E-state index contributed by atoms with van der Waals surface area (Å²) in [5, 5.41) is 16.9. The van der Waals surface area contributed by atoms with Gasteiger partial charge in [-0.2, -0.15) is 5.10 Å². The maximum absolute atomic E-state index is 11.2. The number of aliphatic carboxylic acids is 1. The zero-order valence-corrected chi connectivity index (χ0v) is 12.9. The lowest BCUT2D eigenvalue weighted by Gasteiger charge is -2.14. The lowest BCUT2D eigenvalue weighted by atomic mass is 10.2. The first-order chi connectivity index (χ1) is 9.08. The molecule has 1 unspecified atom stereocenters. The van der Waals surface area contributed by atoms with Gasteiger partial charge >= 0.3 is 5.97 Å². The largest absolute Gasteiger partial charge is 0.480 e. The van der Waals surface area contributed by atoms with Crippen molar-refractivity contribution in [3.05, 3.63) is 15.9 Å². The van der Waals surface area contributed by atoms with Crippen LogP contribution in [0.1, 0.15) is 38.1 Å². The van der Waals surface area contributed by atoms with Crippen molar-refractivity contribution in [2.75, 3.05) is 0 Å². The van der Waals surface area contributed by atoms with Crippen molar-refractivity contribution in [1.82, 2.24) is 15.1 Å². The van der Waals surface area contributed by atoms with Gasteiger partial charge in [0.1, 0.15) is 6.04 Å². The summed E-state index contributed by atoms with van der Waals surface area (Å²) in [4.78, 5) is 11.2. The minimum absolute atomic E-state index is 0.292. The number of carbonyl (C=O) groups is 1. The normalized spacial score (nSPS) is 16.6. The number of halogens is 1. The van der Waals surface area contributed by atoms with E-state index in [1.165, 1.54) is 0 Å². The third kappa shape index (κ3) is 3.17. The van der Waals surface area contributed by atoms with Gasteiger partial charge in [0.05, 0.1) is 15.9 Å². The molecule has 1 fully saturated rings. The molecule has 1 heterocycles. The molecule has 1 aromatic rings. The Morgan fingerprint density at radius 2 is 2.26 bits per heavy atom. The quantitative estimate of drug-likeness (QED) is 0.804. The van der Waals surface area contributed by atoms with Gasteiger partial charge in [-0.05, 0) is 48.0 Å². The second-order valence-corrected chi connectivity index (χ2v) is 5.70. The van der Waals surface area contributed by atoms with Gasteiger partial charge in [0.25, 0.3) is 0 Å². The Labute approximate surface area is 121 Å². The van der Waals surface area contributed by atoms with E-state index in [2.05, 4.69) is 33.3 Å². The van der Waals surface area contributed by atoms with E-state index < -0.39 is 12.0 Å². The highest BCUT2D eigenvalue weighted by Crippen LogP contribution is 2.33. The Bertz CT molecular complexity index is 469. The number of carboxylic acids is 1. The summed E-state index contributed by atoms with van der Waals surface area (Å²) in [6, 6.07) is -0.433. The zero-order valence-electron chi connectivity index (χ0n) is 11.3. The average molecular weight is 330 g/mol. The molecule has 0 saturated heterocycles. The summed E-state index contributed by atoms with van der Waals surface area (Å²) in [7, 11) is 0. The number of nitrogens with one attached hydrogen (secondary N) is 1. The van der Waals surface area contributed by atoms with Crippen LogP contribution in [0.4, 0.5) is 0 Å². The van der Waals surface area contributed by atoms with Crippen molar-refractivity contribution < 1.29 is 9.90 Å². The Kier molecular flexibility index (Phi) is 4.62. The van der Waals surface area contributed by atoms with Gasteiger partial charge in [0.2, 0.25) is 0 Å². The van der Waals surface area contributed by atoms with E-state index in [4.69, 9.17) is 0 Å². The molecule has 1 saturated carbocycles. The van der Waals surface area contributed by atoms with Gasteiger partial charge in [0, 0.05) is 13.1 Å². The van der Waals surface area contributed by atoms with Crippen molar-refractivity contribution in [2.45, 2.75) is 52.2 Å². The molecule has 19 heavy (non-hydrogen) atoms. The third-order valence-electron chi connectivity index (χ3n) is 3.54. The van der Waals surface area contributed by atoms with Crippen LogP contribution in [0.25, 0.3) is 0 Å². The first kappa shape index (κ1) is 14.5.